The van der Waals surface area contributed by atoms with Gasteiger partial charge >= 0.3 is 0 Å². The van der Waals surface area contributed by atoms with E-state index in [0.717, 1.165) is 5.56 Å². The van der Waals surface area contributed by atoms with Gasteiger partial charge in [0.1, 0.15) is 5.75 Å². The normalized spacial score (nSPS) is 10.5. The lowest BCUT2D eigenvalue weighted by molar-refractivity contribution is 0.475. The highest BCUT2D eigenvalue weighted by Gasteiger charge is 1.90. The first-order valence-corrected chi connectivity index (χ1v) is 4.16. The van der Waals surface area contributed by atoms with Crippen molar-refractivity contribution >= 4 is 12.8 Å². The molecule has 0 spiro atoms. The second kappa shape index (κ2) is 4.00. The molecule has 0 saturated heterocycles. The Labute approximate surface area is 73.8 Å². The minimum Gasteiger partial charge on any atom is -0.508 e. The third-order valence-corrected chi connectivity index (χ3v) is 1.57. The molecule has 1 aromatic rings. The average molecular weight is 160 g/mol. The molecule has 62 valence electrons. The number of hydrogen-bond donors (Lipinski definition) is 1. The van der Waals surface area contributed by atoms with Crippen molar-refractivity contribution in [1.82, 2.24) is 0 Å². The molecule has 0 unspecified atom stereocenters. The van der Waals surface area contributed by atoms with Crippen molar-refractivity contribution in [1.29, 1.82) is 0 Å². The van der Waals surface area contributed by atoms with Crippen LogP contribution in [0.25, 0.3) is 6.08 Å². The van der Waals surface area contributed by atoms with Crippen LogP contribution < -0.4 is 0 Å². The maximum atomic E-state index is 9.01. The van der Waals surface area contributed by atoms with Crippen LogP contribution in [0.3, 0.4) is 0 Å². The SMILES string of the molecule is CB(C)C=Cc1ccc(O)cc1. The Hall–Kier alpha value is -1.18. The second-order valence-corrected chi connectivity index (χ2v) is 3.19. The molecule has 0 aliphatic heterocycles. The van der Waals surface area contributed by atoms with Gasteiger partial charge in [0.25, 0.3) is 0 Å². The largest absolute Gasteiger partial charge is 0.508 e. The molecule has 1 nitrogen and oxygen atoms in total. The van der Waals surface area contributed by atoms with Gasteiger partial charge in [-0.3, -0.25) is 0 Å². The Kier molecular flexibility index (Phi) is 2.97. The standard InChI is InChI=1S/C10H13BO/c1-11(2)8-7-9-3-5-10(12)6-4-9/h3-8,12H,1-2H3. The van der Waals surface area contributed by atoms with Crippen LogP contribution in [0.2, 0.25) is 13.6 Å². The molecule has 1 rings (SSSR count). The lowest BCUT2D eigenvalue weighted by atomic mass is 9.55. The van der Waals surface area contributed by atoms with Crippen LogP contribution >= 0.6 is 0 Å². The van der Waals surface area contributed by atoms with E-state index >= 15 is 0 Å². The summed E-state index contributed by atoms with van der Waals surface area (Å²) in [5, 5.41) is 9.01. The second-order valence-electron chi connectivity index (χ2n) is 3.19. The van der Waals surface area contributed by atoms with Crippen LogP contribution in [0.5, 0.6) is 5.75 Å². The minimum atomic E-state index is 0.316. The van der Waals surface area contributed by atoms with Gasteiger partial charge in [0, 0.05) is 0 Å². The fourth-order valence-corrected chi connectivity index (χ4v) is 0.889. The zero-order valence-electron chi connectivity index (χ0n) is 7.49. The van der Waals surface area contributed by atoms with Crippen LogP contribution in [0, 0.1) is 0 Å². The number of phenolic OH excluding ortho intramolecular Hbond substituents is 1. The highest BCUT2D eigenvalue weighted by molar-refractivity contribution is 6.62. The third kappa shape index (κ3) is 2.83. The lowest BCUT2D eigenvalue weighted by Gasteiger charge is -1.94. The van der Waals surface area contributed by atoms with Gasteiger partial charge in [0.15, 0.2) is 6.71 Å². The van der Waals surface area contributed by atoms with Crippen LogP contribution in [-0.4, -0.2) is 11.8 Å². The first-order valence-electron chi connectivity index (χ1n) is 4.16. The summed E-state index contributed by atoms with van der Waals surface area (Å²) in [6, 6.07) is 7.18. The summed E-state index contributed by atoms with van der Waals surface area (Å²) in [6.07, 6.45) is 2.06. The molecule has 1 N–H and O–H groups in total. The highest BCUT2D eigenvalue weighted by Crippen LogP contribution is 2.10. The van der Waals surface area contributed by atoms with E-state index in [4.69, 9.17) is 5.11 Å². The van der Waals surface area contributed by atoms with Crippen molar-refractivity contribution in [3.8, 4) is 5.75 Å². The van der Waals surface area contributed by atoms with Gasteiger partial charge in [-0.1, -0.05) is 31.9 Å². The van der Waals surface area contributed by atoms with Crippen molar-refractivity contribution in [3.05, 3.63) is 35.8 Å². The molecule has 12 heavy (non-hydrogen) atoms. The Morgan fingerprint density at radius 1 is 1.17 bits per heavy atom. The molecule has 0 atom stereocenters. The fourth-order valence-electron chi connectivity index (χ4n) is 0.889. The molecule has 0 bridgehead atoms. The Morgan fingerprint density at radius 3 is 2.25 bits per heavy atom. The summed E-state index contributed by atoms with van der Waals surface area (Å²) in [5.41, 5.74) is 1.13. The van der Waals surface area contributed by atoms with E-state index in [1.165, 1.54) is 0 Å². The predicted octanol–water partition coefficient (Wildman–Crippen LogP) is 2.70. The van der Waals surface area contributed by atoms with Crippen molar-refractivity contribution in [2.75, 3.05) is 0 Å². The molecule has 2 heteroatoms. The molecular weight excluding hydrogens is 147 g/mol. The molecule has 0 heterocycles. The average Bonchev–Trinajstić information content (AvgIpc) is 2.03. The van der Waals surface area contributed by atoms with Gasteiger partial charge in [0.05, 0.1) is 0 Å². The molecule has 0 radical (unpaired) electrons. The summed E-state index contributed by atoms with van der Waals surface area (Å²) in [5.74, 6) is 2.45. The molecule has 0 aromatic heterocycles. The van der Waals surface area contributed by atoms with Gasteiger partial charge in [-0.25, -0.2) is 0 Å². The van der Waals surface area contributed by atoms with Crippen LogP contribution in [0.15, 0.2) is 30.2 Å². The third-order valence-electron chi connectivity index (χ3n) is 1.57. The number of hydrogen-bond acceptors (Lipinski definition) is 1. The summed E-state index contributed by atoms with van der Waals surface area (Å²) in [4.78, 5) is 0. The Balaban J connectivity index is 2.71. The number of rotatable bonds is 2. The molecule has 0 saturated carbocycles. The van der Waals surface area contributed by atoms with Crippen molar-refractivity contribution in [2.24, 2.45) is 0 Å². The van der Waals surface area contributed by atoms with E-state index < -0.39 is 0 Å². The maximum absolute atomic E-state index is 9.01. The lowest BCUT2D eigenvalue weighted by Crippen LogP contribution is -1.91. The van der Waals surface area contributed by atoms with Gasteiger partial charge in [0.2, 0.25) is 0 Å². The van der Waals surface area contributed by atoms with Gasteiger partial charge < -0.3 is 5.11 Å². The van der Waals surface area contributed by atoms with E-state index in [1.54, 1.807) is 12.1 Å². The predicted molar refractivity (Wildman–Crippen MR) is 54.6 cm³/mol. The van der Waals surface area contributed by atoms with E-state index in [2.05, 4.69) is 25.7 Å². The summed E-state index contributed by atoms with van der Waals surface area (Å²) in [6.45, 7) is 4.84. The molecular formula is C10H13BO. The summed E-state index contributed by atoms with van der Waals surface area (Å²) in [7, 11) is 0. The van der Waals surface area contributed by atoms with Crippen LogP contribution in [0.4, 0.5) is 0 Å². The van der Waals surface area contributed by atoms with Crippen LogP contribution in [0.1, 0.15) is 5.56 Å². The van der Waals surface area contributed by atoms with Crippen LogP contribution in [-0.2, 0) is 0 Å². The smallest absolute Gasteiger partial charge is 0.160 e. The zero-order chi connectivity index (χ0) is 8.97. The molecule has 0 aliphatic rings. The van der Waals surface area contributed by atoms with Gasteiger partial charge in [-0.05, 0) is 17.7 Å². The molecule has 0 aliphatic carbocycles. The van der Waals surface area contributed by atoms with Gasteiger partial charge in [-0.2, -0.15) is 0 Å². The summed E-state index contributed by atoms with van der Waals surface area (Å²) < 4.78 is 0. The molecule has 0 fully saturated rings. The quantitative estimate of drug-likeness (QED) is 0.659. The number of aromatic hydroxyl groups is 1. The zero-order valence-corrected chi connectivity index (χ0v) is 7.49. The topological polar surface area (TPSA) is 20.2 Å². The fraction of sp³-hybridized carbons (Fsp3) is 0.200. The Bertz CT molecular complexity index is 262. The van der Waals surface area contributed by atoms with E-state index in [1.807, 2.05) is 12.1 Å². The number of phenols is 1. The molecule has 0 amide bonds. The maximum Gasteiger partial charge on any atom is 0.160 e. The highest BCUT2D eigenvalue weighted by atomic mass is 16.3. The van der Waals surface area contributed by atoms with E-state index in [9.17, 15) is 0 Å². The number of benzene rings is 1. The van der Waals surface area contributed by atoms with E-state index in [-0.39, 0.29) is 0 Å². The summed E-state index contributed by atoms with van der Waals surface area (Å²) >= 11 is 0. The van der Waals surface area contributed by atoms with Crippen molar-refractivity contribution in [3.63, 3.8) is 0 Å². The van der Waals surface area contributed by atoms with Crippen molar-refractivity contribution < 1.29 is 5.11 Å². The monoisotopic (exact) mass is 160 g/mol. The minimum absolute atomic E-state index is 0.316. The van der Waals surface area contributed by atoms with Gasteiger partial charge in [-0.15, -0.1) is 5.98 Å². The first kappa shape index (κ1) is 8.92. The first-order chi connectivity index (χ1) is 5.68. The van der Waals surface area contributed by atoms with Crippen molar-refractivity contribution in [2.45, 2.75) is 13.6 Å². The van der Waals surface area contributed by atoms with E-state index in [0.29, 0.717) is 12.5 Å². The Morgan fingerprint density at radius 2 is 1.75 bits per heavy atom. The molecule has 1 aromatic carbocycles.